The summed E-state index contributed by atoms with van der Waals surface area (Å²) in [5.41, 5.74) is 1.69. The topological polar surface area (TPSA) is 102 Å². The molecule has 12 heteroatoms. The molecule has 1 aliphatic rings. The van der Waals surface area contributed by atoms with Crippen molar-refractivity contribution in [1.82, 2.24) is 14.3 Å². The first kappa shape index (κ1) is 25.6. The molecule has 4 aromatic rings. The van der Waals surface area contributed by atoms with E-state index in [-0.39, 0.29) is 17.3 Å². The highest BCUT2D eigenvalue weighted by Crippen LogP contribution is 2.39. The number of nitrogens with zero attached hydrogens (tertiary/aromatic N) is 4. The summed E-state index contributed by atoms with van der Waals surface area (Å²) in [6.07, 6.45) is 3.34. The average Bonchev–Trinajstić information content (AvgIpc) is 3.39. The van der Waals surface area contributed by atoms with Gasteiger partial charge in [0.1, 0.15) is 11.3 Å². The van der Waals surface area contributed by atoms with Crippen molar-refractivity contribution < 1.29 is 22.7 Å². The predicted octanol–water partition coefficient (Wildman–Crippen LogP) is 4.22. The number of ether oxygens (including phenoxy) is 2. The van der Waals surface area contributed by atoms with Crippen molar-refractivity contribution in [2.75, 3.05) is 38.3 Å². The number of carbonyl (C=O) groups is 1. The third-order valence-corrected chi connectivity index (χ3v) is 9.37. The van der Waals surface area contributed by atoms with Crippen molar-refractivity contribution in [3.05, 3.63) is 77.1 Å². The van der Waals surface area contributed by atoms with E-state index in [4.69, 9.17) is 21.1 Å². The highest BCUT2D eigenvalue weighted by Gasteiger charge is 2.28. The zero-order chi connectivity index (χ0) is 26.0. The Kier molecular flexibility index (Phi) is 7.40. The molecule has 0 atom stereocenters. The number of sulfonamides is 1. The van der Waals surface area contributed by atoms with Crippen LogP contribution in [-0.4, -0.2) is 62.0 Å². The van der Waals surface area contributed by atoms with E-state index in [0.717, 1.165) is 5.56 Å². The Bertz CT molecular complexity index is 1520. The number of hydrogen-bond acceptors (Lipinski definition) is 8. The normalized spacial score (nSPS) is 14.5. The van der Waals surface area contributed by atoms with Crippen LogP contribution in [0.4, 0.5) is 5.13 Å². The van der Waals surface area contributed by atoms with Gasteiger partial charge in [-0.05, 0) is 48.0 Å². The molecule has 1 fully saturated rings. The van der Waals surface area contributed by atoms with Gasteiger partial charge in [-0.2, -0.15) is 4.31 Å². The molecule has 5 rings (SSSR count). The summed E-state index contributed by atoms with van der Waals surface area (Å²) < 4.78 is 38.8. The molecule has 1 amide bonds. The van der Waals surface area contributed by atoms with Gasteiger partial charge in [-0.25, -0.2) is 13.4 Å². The number of aromatic nitrogens is 2. The number of thiazole rings is 1. The van der Waals surface area contributed by atoms with Gasteiger partial charge in [0.2, 0.25) is 10.0 Å². The molecule has 0 unspecified atom stereocenters. The molecule has 3 heterocycles. The zero-order valence-electron chi connectivity index (χ0n) is 19.8. The SMILES string of the molecule is COc1ccc(Cl)c2sc(N(Cc3cccnc3)C(=O)c3ccc(S(=O)(=O)N4CCOCC4)cc3)nc12. The number of morpholine rings is 1. The summed E-state index contributed by atoms with van der Waals surface area (Å²) in [6.45, 7) is 1.52. The van der Waals surface area contributed by atoms with Gasteiger partial charge in [0.25, 0.3) is 5.91 Å². The van der Waals surface area contributed by atoms with Crippen molar-refractivity contribution in [2.45, 2.75) is 11.4 Å². The predicted molar refractivity (Wildman–Crippen MR) is 142 cm³/mol. The largest absolute Gasteiger partial charge is 0.494 e. The van der Waals surface area contributed by atoms with Crippen LogP contribution in [0.2, 0.25) is 5.02 Å². The Morgan fingerprint density at radius 2 is 1.92 bits per heavy atom. The smallest absolute Gasteiger partial charge is 0.260 e. The molecule has 0 N–H and O–H groups in total. The van der Waals surface area contributed by atoms with Crippen LogP contribution in [0.15, 0.2) is 65.8 Å². The standard InChI is InChI=1S/C25H23ClN4O5S2/c1-34-21-9-8-20(26)23-22(21)28-25(36-23)30(16-17-3-2-10-27-15-17)24(31)18-4-6-19(7-5-18)37(32,33)29-11-13-35-14-12-29/h2-10,15H,11-14,16H2,1H3. The lowest BCUT2D eigenvalue weighted by Crippen LogP contribution is -2.40. The summed E-state index contributed by atoms with van der Waals surface area (Å²) in [7, 11) is -2.13. The monoisotopic (exact) mass is 558 g/mol. The maximum absolute atomic E-state index is 13.8. The second-order valence-electron chi connectivity index (χ2n) is 8.22. The molecule has 2 aromatic carbocycles. The van der Waals surface area contributed by atoms with E-state index in [2.05, 4.69) is 9.97 Å². The lowest BCUT2D eigenvalue weighted by atomic mass is 10.2. The summed E-state index contributed by atoms with van der Waals surface area (Å²) in [4.78, 5) is 24.3. The quantitative estimate of drug-likeness (QED) is 0.334. The van der Waals surface area contributed by atoms with Crippen LogP contribution < -0.4 is 9.64 Å². The highest BCUT2D eigenvalue weighted by atomic mass is 35.5. The third-order valence-electron chi connectivity index (χ3n) is 5.92. The molecule has 1 saturated heterocycles. The lowest BCUT2D eigenvalue weighted by molar-refractivity contribution is 0.0730. The maximum Gasteiger partial charge on any atom is 0.260 e. The first-order chi connectivity index (χ1) is 17.9. The molecule has 2 aromatic heterocycles. The Morgan fingerprint density at radius 3 is 2.59 bits per heavy atom. The van der Waals surface area contributed by atoms with E-state index >= 15 is 0 Å². The van der Waals surface area contributed by atoms with Crippen molar-refractivity contribution in [2.24, 2.45) is 0 Å². The molecule has 9 nitrogen and oxygen atoms in total. The number of halogens is 1. The van der Waals surface area contributed by atoms with Gasteiger partial charge in [0.15, 0.2) is 5.13 Å². The molecular weight excluding hydrogens is 536 g/mol. The number of anilines is 1. The Morgan fingerprint density at radius 1 is 1.16 bits per heavy atom. The molecule has 1 aliphatic heterocycles. The molecule has 0 aliphatic carbocycles. The summed E-state index contributed by atoms with van der Waals surface area (Å²) in [5, 5.41) is 0.936. The van der Waals surface area contributed by atoms with Crippen LogP contribution in [-0.2, 0) is 21.3 Å². The molecule has 0 radical (unpaired) electrons. The Hall–Kier alpha value is -3.09. The van der Waals surface area contributed by atoms with Gasteiger partial charge in [-0.15, -0.1) is 0 Å². The fourth-order valence-corrected chi connectivity index (χ4v) is 6.65. The Labute approximate surface area is 223 Å². The number of rotatable bonds is 7. The van der Waals surface area contributed by atoms with Gasteiger partial charge in [-0.1, -0.05) is 29.0 Å². The minimum atomic E-state index is -3.67. The fourth-order valence-electron chi connectivity index (χ4n) is 3.98. The fraction of sp³-hybridized carbons (Fsp3) is 0.240. The summed E-state index contributed by atoms with van der Waals surface area (Å²) >= 11 is 7.69. The van der Waals surface area contributed by atoms with E-state index in [1.165, 1.54) is 44.8 Å². The number of methoxy groups -OCH3 is 1. The number of fused-ring (bicyclic) bond motifs is 1. The Balaban J connectivity index is 1.50. The second kappa shape index (κ2) is 10.7. The van der Waals surface area contributed by atoms with Gasteiger partial charge in [-0.3, -0.25) is 14.7 Å². The van der Waals surface area contributed by atoms with Crippen LogP contribution in [0, 0.1) is 0 Å². The minimum absolute atomic E-state index is 0.126. The minimum Gasteiger partial charge on any atom is -0.494 e. The van der Waals surface area contributed by atoms with Crippen molar-refractivity contribution in [3.8, 4) is 5.75 Å². The van der Waals surface area contributed by atoms with Crippen LogP contribution in [0.1, 0.15) is 15.9 Å². The van der Waals surface area contributed by atoms with E-state index < -0.39 is 10.0 Å². The number of amides is 1. The number of hydrogen-bond donors (Lipinski definition) is 0. The van der Waals surface area contributed by atoms with Crippen LogP contribution in [0.25, 0.3) is 10.2 Å². The van der Waals surface area contributed by atoms with Crippen LogP contribution >= 0.6 is 22.9 Å². The lowest BCUT2D eigenvalue weighted by Gasteiger charge is -2.26. The molecular formula is C25H23ClN4O5S2. The molecule has 0 saturated carbocycles. The first-order valence-electron chi connectivity index (χ1n) is 11.4. The van der Waals surface area contributed by atoms with Crippen molar-refractivity contribution in [3.63, 3.8) is 0 Å². The summed E-state index contributed by atoms with van der Waals surface area (Å²) in [6, 6.07) is 13.1. The number of benzene rings is 2. The number of carbonyl (C=O) groups excluding carboxylic acids is 1. The zero-order valence-corrected chi connectivity index (χ0v) is 22.2. The van der Waals surface area contributed by atoms with E-state index in [1.54, 1.807) is 37.7 Å². The molecule has 0 spiro atoms. The van der Waals surface area contributed by atoms with E-state index in [1.807, 2.05) is 6.07 Å². The molecule has 192 valence electrons. The van der Waals surface area contributed by atoms with E-state index in [0.29, 0.717) is 58.0 Å². The first-order valence-corrected chi connectivity index (χ1v) is 14.0. The van der Waals surface area contributed by atoms with Crippen LogP contribution in [0.3, 0.4) is 0 Å². The second-order valence-corrected chi connectivity index (χ2v) is 11.5. The average molecular weight is 559 g/mol. The van der Waals surface area contributed by atoms with Crippen molar-refractivity contribution >= 4 is 54.2 Å². The molecule has 37 heavy (non-hydrogen) atoms. The highest BCUT2D eigenvalue weighted by molar-refractivity contribution is 7.89. The van der Waals surface area contributed by atoms with Crippen molar-refractivity contribution in [1.29, 1.82) is 0 Å². The third kappa shape index (κ3) is 5.18. The number of pyridine rings is 1. The summed E-state index contributed by atoms with van der Waals surface area (Å²) in [5.74, 6) is 0.210. The molecule has 0 bridgehead atoms. The van der Waals surface area contributed by atoms with Gasteiger partial charge < -0.3 is 9.47 Å². The van der Waals surface area contributed by atoms with Crippen LogP contribution in [0.5, 0.6) is 5.75 Å². The maximum atomic E-state index is 13.8. The van der Waals surface area contributed by atoms with E-state index in [9.17, 15) is 13.2 Å². The van der Waals surface area contributed by atoms with Gasteiger partial charge >= 0.3 is 0 Å². The van der Waals surface area contributed by atoms with Gasteiger partial charge in [0.05, 0.1) is 41.5 Å². The van der Waals surface area contributed by atoms with Gasteiger partial charge in [0, 0.05) is 31.0 Å².